The molecule has 116 valence electrons. The van der Waals surface area contributed by atoms with Crippen molar-refractivity contribution < 1.29 is 8.42 Å². The van der Waals surface area contributed by atoms with Crippen LogP contribution in [0.5, 0.6) is 0 Å². The molecule has 3 atom stereocenters. The predicted molar refractivity (Wildman–Crippen MR) is 86.8 cm³/mol. The summed E-state index contributed by atoms with van der Waals surface area (Å²) in [5, 5.41) is 0. The van der Waals surface area contributed by atoms with Gasteiger partial charge in [0.05, 0.1) is 10.6 Å². The Kier molecular flexibility index (Phi) is 4.41. The van der Waals surface area contributed by atoms with Crippen molar-refractivity contribution in [1.82, 2.24) is 4.90 Å². The molecule has 1 saturated heterocycles. The lowest BCUT2D eigenvalue weighted by atomic mass is 9.98. The fourth-order valence-corrected chi connectivity index (χ4v) is 5.14. The molecule has 0 radical (unpaired) electrons. The molecule has 3 rings (SSSR count). The van der Waals surface area contributed by atoms with Gasteiger partial charge < -0.3 is 10.6 Å². The molecule has 2 aliphatic rings. The van der Waals surface area contributed by atoms with Gasteiger partial charge in [-0.3, -0.25) is 0 Å². The highest BCUT2D eigenvalue weighted by Crippen LogP contribution is 2.36. The van der Waals surface area contributed by atoms with Crippen LogP contribution in [0.3, 0.4) is 0 Å². The third-order valence-electron chi connectivity index (χ3n) is 4.84. The fraction of sp³-hybridized carbons (Fsp3) is 0.600. The highest BCUT2D eigenvalue weighted by atomic mass is 79.9. The van der Waals surface area contributed by atoms with Gasteiger partial charge in [0.2, 0.25) is 0 Å². The summed E-state index contributed by atoms with van der Waals surface area (Å²) in [5.74, 6) is 1.43. The van der Waals surface area contributed by atoms with Gasteiger partial charge in [0.25, 0.3) is 0 Å². The SMILES string of the molecule is NC1CCC2CN(CCS(=O)(=O)c3ccc(Br)cc3)CC12. The van der Waals surface area contributed by atoms with E-state index in [0.717, 1.165) is 24.0 Å². The number of likely N-dealkylation sites (tertiary alicyclic amines) is 1. The smallest absolute Gasteiger partial charge is 0.179 e. The van der Waals surface area contributed by atoms with Crippen LogP contribution >= 0.6 is 15.9 Å². The average molecular weight is 373 g/mol. The molecule has 1 aromatic rings. The molecule has 1 saturated carbocycles. The zero-order chi connectivity index (χ0) is 15.0. The zero-order valence-electron chi connectivity index (χ0n) is 11.9. The van der Waals surface area contributed by atoms with Crippen molar-refractivity contribution in [3.05, 3.63) is 28.7 Å². The molecule has 0 bridgehead atoms. The summed E-state index contributed by atoms with van der Waals surface area (Å²) in [6, 6.07) is 7.17. The van der Waals surface area contributed by atoms with E-state index in [2.05, 4.69) is 20.8 Å². The van der Waals surface area contributed by atoms with E-state index in [1.807, 2.05) is 0 Å². The monoisotopic (exact) mass is 372 g/mol. The van der Waals surface area contributed by atoms with Crippen LogP contribution in [0.1, 0.15) is 12.8 Å². The van der Waals surface area contributed by atoms with Crippen LogP contribution in [-0.2, 0) is 9.84 Å². The van der Waals surface area contributed by atoms with Gasteiger partial charge in [-0.15, -0.1) is 0 Å². The molecule has 4 nitrogen and oxygen atoms in total. The minimum atomic E-state index is -3.20. The molecule has 0 aromatic heterocycles. The Hall–Kier alpha value is -0.430. The number of hydrogen-bond donors (Lipinski definition) is 1. The Balaban J connectivity index is 1.59. The van der Waals surface area contributed by atoms with E-state index in [1.165, 1.54) is 6.42 Å². The van der Waals surface area contributed by atoms with Gasteiger partial charge in [-0.05, 0) is 48.9 Å². The van der Waals surface area contributed by atoms with Crippen molar-refractivity contribution in [3.8, 4) is 0 Å². The number of rotatable bonds is 4. The summed E-state index contributed by atoms with van der Waals surface area (Å²) in [6.45, 7) is 2.58. The van der Waals surface area contributed by atoms with Gasteiger partial charge >= 0.3 is 0 Å². The molecule has 1 aromatic carbocycles. The molecule has 1 aliphatic carbocycles. The molecule has 0 spiro atoms. The number of hydrogen-bond acceptors (Lipinski definition) is 4. The lowest BCUT2D eigenvalue weighted by Crippen LogP contribution is -2.32. The summed E-state index contributed by atoms with van der Waals surface area (Å²) in [7, 11) is -3.20. The molecule has 1 heterocycles. The van der Waals surface area contributed by atoms with Crippen LogP contribution in [0.2, 0.25) is 0 Å². The number of benzene rings is 1. The largest absolute Gasteiger partial charge is 0.327 e. The third kappa shape index (κ3) is 3.33. The van der Waals surface area contributed by atoms with E-state index in [0.29, 0.717) is 29.3 Å². The van der Waals surface area contributed by atoms with E-state index in [4.69, 9.17) is 5.73 Å². The van der Waals surface area contributed by atoms with Crippen LogP contribution in [0.4, 0.5) is 0 Å². The minimum absolute atomic E-state index is 0.184. The summed E-state index contributed by atoms with van der Waals surface area (Å²) >= 11 is 3.32. The number of nitrogens with zero attached hydrogens (tertiary/aromatic N) is 1. The fourth-order valence-electron chi connectivity index (χ4n) is 3.59. The van der Waals surface area contributed by atoms with E-state index < -0.39 is 9.84 Å². The van der Waals surface area contributed by atoms with Crippen LogP contribution in [0.15, 0.2) is 33.6 Å². The Morgan fingerprint density at radius 2 is 1.90 bits per heavy atom. The second-order valence-electron chi connectivity index (χ2n) is 6.20. The van der Waals surface area contributed by atoms with Crippen molar-refractivity contribution in [1.29, 1.82) is 0 Å². The molecule has 2 fully saturated rings. The van der Waals surface area contributed by atoms with Crippen molar-refractivity contribution in [2.24, 2.45) is 17.6 Å². The Labute approximate surface area is 134 Å². The molecule has 2 N–H and O–H groups in total. The number of fused-ring (bicyclic) bond motifs is 1. The van der Waals surface area contributed by atoms with Crippen LogP contribution < -0.4 is 5.73 Å². The van der Waals surface area contributed by atoms with Crippen LogP contribution in [0.25, 0.3) is 0 Å². The Bertz CT molecular complexity index is 603. The Morgan fingerprint density at radius 3 is 2.57 bits per heavy atom. The Morgan fingerprint density at radius 1 is 1.19 bits per heavy atom. The van der Waals surface area contributed by atoms with Gasteiger partial charge in [0.1, 0.15) is 0 Å². The molecule has 0 amide bonds. The summed E-state index contributed by atoms with van der Waals surface area (Å²) in [5.41, 5.74) is 6.12. The highest BCUT2D eigenvalue weighted by Gasteiger charge is 2.40. The maximum Gasteiger partial charge on any atom is 0.179 e. The van der Waals surface area contributed by atoms with Gasteiger partial charge in [-0.1, -0.05) is 15.9 Å². The van der Waals surface area contributed by atoms with Gasteiger partial charge in [-0.2, -0.15) is 0 Å². The summed E-state index contributed by atoms with van der Waals surface area (Å²) < 4.78 is 25.6. The maximum absolute atomic E-state index is 12.3. The quantitative estimate of drug-likeness (QED) is 0.876. The molecule has 21 heavy (non-hydrogen) atoms. The number of sulfone groups is 1. The summed E-state index contributed by atoms with van der Waals surface area (Å²) in [4.78, 5) is 2.67. The van der Waals surface area contributed by atoms with Crippen molar-refractivity contribution in [2.45, 2.75) is 23.8 Å². The van der Waals surface area contributed by atoms with Crippen LogP contribution in [0, 0.1) is 11.8 Å². The normalized spacial score (nSPS) is 29.7. The highest BCUT2D eigenvalue weighted by molar-refractivity contribution is 9.10. The van der Waals surface area contributed by atoms with E-state index >= 15 is 0 Å². The zero-order valence-corrected chi connectivity index (χ0v) is 14.3. The van der Waals surface area contributed by atoms with Gasteiger partial charge in [-0.25, -0.2) is 8.42 Å². The first-order chi connectivity index (χ1) is 9.95. The van der Waals surface area contributed by atoms with E-state index in [1.54, 1.807) is 24.3 Å². The molecule has 1 aliphatic heterocycles. The molecular formula is C15H21BrN2O2S. The topological polar surface area (TPSA) is 63.4 Å². The van der Waals surface area contributed by atoms with Gasteiger partial charge in [0, 0.05) is 30.1 Å². The lowest BCUT2D eigenvalue weighted by Gasteiger charge is -2.18. The van der Waals surface area contributed by atoms with E-state index in [9.17, 15) is 8.42 Å². The molecule has 6 heteroatoms. The molecule has 3 unspecified atom stereocenters. The van der Waals surface area contributed by atoms with Crippen molar-refractivity contribution in [3.63, 3.8) is 0 Å². The maximum atomic E-state index is 12.3. The van der Waals surface area contributed by atoms with Crippen molar-refractivity contribution >= 4 is 25.8 Å². The molecular weight excluding hydrogens is 352 g/mol. The second kappa shape index (κ2) is 5.99. The number of nitrogens with two attached hydrogens (primary N) is 1. The van der Waals surface area contributed by atoms with E-state index in [-0.39, 0.29) is 5.75 Å². The first-order valence-corrected chi connectivity index (χ1v) is 9.86. The minimum Gasteiger partial charge on any atom is -0.327 e. The predicted octanol–water partition coefficient (Wildman–Crippen LogP) is 1.89. The first-order valence-electron chi connectivity index (χ1n) is 7.42. The average Bonchev–Trinajstić information content (AvgIpc) is 3.00. The van der Waals surface area contributed by atoms with Crippen molar-refractivity contribution in [2.75, 3.05) is 25.4 Å². The third-order valence-corrected chi connectivity index (χ3v) is 7.08. The first kappa shape index (κ1) is 15.5. The lowest BCUT2D eigenvalue weighted by molar-refractivity contribution is 0.322. The van der Waals surface area contributed by atoms with Gasteiger partial charge in [0.15, 0.2) is 9.84 Å². The number of halogens is 1. The standard InChI is InChI=1S/C15H21BrN2O2S/c16-12-2-4-13(5-3-12)21(19,20)8-7-18-9-11-1-6-15(17)14(11)10-18/h2-5,11,14-15H,1,6-10,17H2. The summed E-state index contributed by atoms with van der Waals surface area (Å²) in [6.07, 6.45) is 2.32. The van der Waals surface area contributed by atoms with Crippen LogP contribution in [-0.4, -0.2) is 44.7 Å². The second-order valence-corrected chi connectivity index (χ2v) is 9.22.